The molecule has 1 atom stereocenters. The van der Waals surface area contributed by atoms with Crippen LogP contribution in [0.4, 0.5) is 0 Å². The van der Waals surface area contributed by atoms with Crippen molar-refractivity contribution in [3.63, 3.8) is 0 Å². The third-order valence-electron chi connectivity index (χ3n) is 2.00. The van der Waals surface area contributed by atoms with Gasteiger partial charge in [0.25, 0.3) is 0 Å². The largest absolute Gasteiger partial charge is 0.464 e. The fraction of sp³-hybridized carbons (Fsp3) is 0.200. The molecule has 62 valence electrons. The highest BCUT2D eigenvalue weighted by Crippen LogP contribution is 2.24. The lowest BCUT2D eigenvalue weighted by Crippen LogP contribution is -2.03. The Hall–Kier alpha value is -1.28. The zero-order chi connectivity index (χ0) is 8.55. The number of hydrogen-bond donors (Lipinski definition) is 1. The number of fused-ring (bicyclic) bond motifs is 1. The highest BCUT2D eigenvalue weighted by atomic mass is 16.3. The second kappa shape index (κ2) is 2.64. The van der Waals surface area contributed by atoms with Gasteiger partial charge >= 0.3 is 0 Å². The maximum Gasteiger partial charge on any atom is 0.134 e. The molecule has 0 radical (unpaired) electrons. The third-order valence-corrected chi connectivity index (χ3v) is 2.00. The summed E-state index contributed by atoms with van der Waals surface area (Å²) in [5.41, 5.74) is 7.75. The van der Waals surface area contributed by atoms with Gasteiger partial charge in [-0.25, -0.2) is 0 Å². The Morgan fingerprint density at radius 2 is 2.08 bits per heavy atom. The first kappa shape index (κ1) is 7.37. The Morgan fingerprint density at radius 1 is 1.33 bits per heavy atom. The zero-order valence-electron chi connectivity index (χ0n) is 6.95. The minimum absolute atomic E-state index is 0.0358. The van der Waals surface area contributed by atoms with Gasteiger partial charge in [0.1, 0.15) is 5.58 Å². The highest BCUT2D eigenvalue weighted by Gasteiger charge is 2.07. The van der Waals surface area contributed by atoms with Gasteiger partial charge in [0, 0.05) is 17.0 Å². The van der Waals surface area contributed by atoms with Gasteiger partial charge in [-0.3, -0.25) is 0 Å². The highest BCUT2D eigenvalue weighted by molar-refractivity contribution is 5.81. The van der Waals surface area contributed by atoms with Crippen LogP contribution in [0, 0.1) is 0 Å². The molecule has 0 spiro atoms. The predicted molar refractivity (Wildman–Crippen MR) is 48.8 cm³/mol. The van der Waals surface area contributed by atoms with E-state index < -0.39 is 0 Å². The molecule has 2 rings (SSSR count). The first-order valence-corrected chi connectivity index (χ1v) is 4.01. The average molecular weight is 161 g/mol. The van der Waals surface area contributed by atoms with Crippen LogP contribution in [0.1, 0.15) is 18.5 Å². The van der Waals surface area contributed by atoms with Crippen LogP contribution in [-0.4, -0.2) is 0 Å². The van der Waals surface area contributed by atoms with Crippen molar-refractivity contribution in [1.29, 1.82) is 0 Å². The van der Waals surface area contributed by atoms with E-state index >= 15 is 0 Å². The normalized spacial score (nSPS) is 13.5. The molecule has 0 aliphatic heterocycles. The first-order valence-electron chi connectivity index (χ1n) is 4.01. The van der Waals surface area contributed by atoms with Crippen molar-refractivity contribution < 1.29 is 4.42 Å². The molecule has 1 aromatic carbocycles. The van der Waals surface area contributed by atoms with Crippen molar-refractivity contribution >= 4 is 11.0 Å². The van der Waals surface area contributed by atoms with Gasteiger partial charge in [0.05, 0.1) is 6.26 Å². The molecule has 12 heavy (non-hydrogen) atoms. The van der Waals surface area contributed by atoms with E-state index in [1.54, 1.807) is 6.26 Å². The molecule has 1 aromatic heterocycles. The molecule has 0 aliphatic carbocycles. The van der Waals surface area contributed by atoms with E-state index in [2.05, 4.69) is 0 Å². The molecule has 0 fully saturated rings. The van der Waals surface area contributed by atoms with Gasteiger partial charge in [-0.1, -0.05) is 18.2 Å². The van der Waals surface area contributed by atoms with Crippen LogP contribution in [-0.2, 0) is 0 Å². The van der Waals surface area contributed by atoms with Crippen molar-refractivity contribution in [3.05, 3.63) is 36.1 Å². The van der Waals surface area contributed by atoms with Gasteiger partial charge in [0.15, 0.2) is 0 Å². The SMILES string of the molecule is CC(N)c1coc2ccccc12. The molecule has 0 saturated carbocycles. The van der Waals surface area contributed by atoms with Crippen molar-refractivity contribution in [2.24, 2.45) is 5.73 Å². The Kier molecular flexibility index (Phi) is 1.62. The van der Waals surface area contributed by atoms with Gasteiger partial charge < -0.3 is 10.2 Å². The summed E-state index contributed by atoms with van der Waals surface area (Å²) in [6.07, 6.45) is 1.73. The molecule has 1 heterocycles. The fourth-order valence-electron chi connectivity index (χ4n) is 1.35. The quantitative estimate of drug-likeness (QED) is 0.697. The van der Waals surface area contributed by atoms with Gasteiger partial charge in [-0.2, -0.15) is 0 Å². The average Bonchev–Trinajstić information content (AvgIpc) is 2.47. The molecule has 2 heteroatoms. The molecule has 0 saturated heterocycles. The van der Waals surface area contributed by atoms with E-state index in [1.165, 1.54) is 0 Å². The summed E-state index contributed by atoms with van der Waals surface area (Å²) in [5, 5.41) is 1.12. The van der Waals surface area contributed by atoms with E-state index in [0.29, 0.717) is 0 Å². The maximum absolute atomic E-state index is 5.76. The van der Waals surface area contributed by atoms with E-state index in [9.17, 15) is 0 Å². The number of furan rings is 1. The lowest BCUT2D eigenvalue weighted by atomic mass is 10.1. The summed E-state index contributed by atoms with van der Waals surface area (Å²) in [6, 6.07) is 7.95. The molecule has 2 N–H and O–H groups in total. The van der Waals surface area contributed by atoms with Crippen LogP contribution in [0.5, 0.6) is 0 Å². The Bertz CT molecular complexity index is 389. The van der Waals surface area contributed by atoms with Gasteiger partial charge in [-0.15, -0.1) is 0 Å². The standard InChI is InChI=1S/C10H11NO/c1-7(11)9-6-12-10-5-3-2-4-8(9)10/h2-7H,11H2,1H3. The molecule has 0 bridgehead atoms. The maximum atomic E-state index is 5.76. The number of nitrogens with two attached hydrogens (primary N) is 1. The minimum atomic E-state index is 0.0358. The molecular formula is C10H11NO. The van der Waals surface area contributed by atoms with Crippen LogP contribution in [0.25, 0.3) is 11.0 Å². The topological polar surface area (TPSA) is 39.2 Å². The summed E-state index contributed by atoms with van der Waals surface area (Å²) in [7, 11) is 0. The molecular weight excluding hydrogens is 150 g/mol. The Balaban J connectivity index is 2.70. The van der Waals surface area contributed by atoms with Crippen LogP contribution >= 0.6 is 0 Å². The number of para-hydroxylation sites is 1. The van der Waals surface area contributed by atoms with E-state index in [0.717, 1.165) is 16.5 Å². The van der Waals surface area contributed by atoms with Crippen LogP contribution in [0.15, 0.2) is 34.9 Å². The lowest BCUT2D eigenvalue weighted by Gasteiger charge is -1.99. The van der Waals surface area contributed by atoms with Crippen LogP contribution < -0.4 is 5.73 Å². The molecule has 2 aromatic rings. The van der Waals surface area contributed by atoms with Crippen molar-refractivity contribution in [1.82, 2.24) is 0 Å². The minimum Gasteiger partial charge on any atom is -0.464 e. The second-order valence-corrected chi connectivity index (χ2v) is 2.98. The lowest BCUT2D eigenvalue weighted by molar-refractivity contribution is 0.605. The van der Waals surface area contributed by atoms with Crippen molar-refractivity contribution in [3.8, 4) is 0 Å². The third kappa shape index (κ3) is 1.01. The summed E-state index contributed by atoms with van der Waals surface area (Å²) < 4.78 is 5.33. The zero-order valence-corrected chi connectivity index (χ0v) is 6.95. The molecule has 1 unspecified atom stereocenters. The van der Waals surface area contributed by atoms with Crippen molar-refractivity contribution in [2.75, 3.05) is 0 Å². The molecule has 0 amide bonds. The summed E-state index contributed by atoms with van der Waals surface area (Å²) in [5.74, 6) is 0. The second-order valence-electron chi connectivity index (χ2n) is 2.98. The monoisotopic (exact) mass is 161 g/mol. The van der Waals surface area contributed by atoms with Crippen LogP contribution in [0.3, 0.4) is 0 Å². The number of hydrogen-bond acceptors (Lipinski definition) is 2. The predicted octanol–water partition coefficient (Wildman–Crippen LogP) is 2.45. The number of benzene rings is 1. The van der Waals surface area contributed by atoms with E-state index in [1.807, 2.05) is 31.2 Å². The molecule has 0 aliphatic rings. The number of rotatable bonds is 1. The van der Waals surface area contributed by atoms with Gasteiger partial charge in [0.2, 0.25) is 0 Å². The smallest absolute Gasteiger partial charge is 0.134 e. The Morgan fingerprint density at radius 3 is 2.83 bits per heavy atom. The molecule has 2 nitrogen and oxygen atoms in total. The van der Waals surface area contributed by atoms with Crippen LogP contribution in [0.2, 0.25) is 0 Å². The first-order chi connectivity index (χ1) is 5.79. The van der Waals surface area contributed by atoms with E-state index in [4.69, 9.17) is 10.2 Å². The Labute approximate surface area is 71.0 Å². The van der Waals surface area contributed by atoms with E-state index in [-0.39, 0.29) is 6.04 Å². The van der Waals surface area contributed by atoms with Gasteiger partial charge in [-0.05, 0) is 13.0 Å². The summed E-state index contributed by atoms with van der Waals surface area (Å²) in [6.45, 7) is 1.96. The van der Waals surface area contributed by atoms with Crippen molar-refractivity contribution in [2.45, 2.75) is 13.0 Å². The fourth-order valence-corrected chi connectivity index (χ4v) is 1.35. The summed E-state index contributed by atoms with van der Waals surface area (Å²) >= 11 is 0. The summed E-state index contributed by atoms with van der Waals surface area (Å²) in [4.78, 5) is 0.